The van der Waals surface area contributed by atoms with Gasteiger partial charge in [-0.25, -0.2) is 4.57 Å². The molecule has 0 amide bonds. The van der Waals surface area contributed by atoms with E-state index in [0.29, 0.717) is 17.9 Å². The van der Waals surface area contributed by atoms with Gasteiger partial charge in [-0.3, -0.25) is 0 Å². The van der Waals surface area contributed by atoms with Crippen LogP contribution in [0.3, 0.4) is 0 Å². The molecule has 3 nitrogen and oxygen atoms in total. The first-order valence-electron chi connectivity index (χ1n) is 16.7. The van der Waals surface area contributed by atoms with Gasteiger partial charge in [-0.1, -0.05) is 88.4 Å². The van der Waals surface area contributed by atoms with Crippen molar-refractivity contribution in [2.75, 3.05) is 0 Å². The van der Waals surface area contributed by atoms with E-state index >= 15 is 0 Å². The van der Waals surface area contributed by atoms with Crippen molar-refractivity contribution in [2.24, 2.45) is 0 Å². The number of nitrogens with zero attached hydrogens (tertiary/aromatic N) is 3. The van der Waals surface area contributed by atoms with Gasteiger partial charge in [-0.05, 0) is 97.8 Å². The highest BCUT2D eigenvalue weighted by molar-refractivity contribution is 6.10. The van der Waals surface area contributed by atoms with Crippen molar-refractivity contribution >= 4 is 21.8 Å². The topological polar surface area (TPSA) is 13.7 Å². The normalized spacial score (nSPS) is 12.0. The summed E-state index contributed by atoms with van der Waals surface area (Å²) in [6.07, 6.45) is 4.53. The van der Waals surface area contributed by atoms with Gasteiger partial charge in [-0.15, -0.1) is 0 Å². The highest BCUT2D eigenvalue weighted by Crippen LogP contribution is 2.40. The molecule has 2 heterocycles. The molecule has 7 aromatic rings. The van der Waals surface area contributed by atoms with E-state index in [9.17, 15) is 0 Å². The van der Waals surface area contributed by atoms with Crippen molar-refractivity contribution in [3.05, 3.63) is 138 Å². The SMILES string of the molecule is Cc1ccccc1-c1n(-c2c(C(C)C)cc(-c3ccc4c(c3)c3ccccc3n4-c3ccccc3)cc2C(C)C)cc[n+]1C(C)C. The minimum absolute atomic E-state index is 0.338. The number of rotatable bonds is 7. The Hall–Kier alpha value is -4.89. The van der Waals surface area contributed by atoms with E-state index in [1.807, 2.05) is 0 Å². The third-order valence-electron chi connectivity index (χ3n) is 9.47. The molecule has 46 heavy (non-hydrogen) atoms. The summed E-state index contributed by atoms with van der Waals surface area (Å²) >= 11 is 0. The quantitative estimate of drug-likeness (QED) is 0.161. The van der Waals surface area contributed by atoms with Gasteiger partial charge in [0, 0.05) is 27.6 Å². The molecule has 7 rings (SSSR count). The molecule has 3 heteroatoms. The van der Waals surface area contributed by atoms with E-state index in [0.717, 1.165) is 0 Å². The van der Waals surface area contributed by atoms with Crippen molar-refractivity contribution in [2.45, 2.75) is 66.3 Å². The molecular formula is C43H44N3+. The number of fused-ring (bicyclic) bond motifs is 3. The Kier molecular flexibility index (Phi) is 7.64. The van der Waals surface area contributed by atoms with Crippen LogP contribution in [0.1, 0.15) is 76.1 Å². The van der Waals surface area contributed by atoms with Crippen LogP contribution in [0.5, 0.6) is 0 Å². The maximum absolute atomic E-state index is 2.47. The number of benzene rings is 5. The third kappa shape index (κ3) is 4.95. The summed E-state index contributed by atoms with van der Waals surface area (Å²) in [5.74, 6) is 1.92. The number of aryl methyl sites for hydroxylation is 1. The van der Waals surface area contributed by atoms with Gasteiger partial charge in [0.2, 0.25) is 0 Å². The molecule has 0 N–H and O–H groups in total. The Morgan fingerprint density at radius 3 is 1.89 bits per heavy atom. The number of hydrogen-bond donors (Lipinski definition) is 0. The number of hydrogen-bond acceptors (Lipinski definition) is 0. The van der Waals surface area contributed by atoms with Gasteiger partial charge in [0.1, 0.15) is 18.1 Å². The lowest BCUT2D eigenvalue weighted by Crippen LogP contribution is -2.37. The fraction of sp³-hybridized carbons (Fsp3) is 0.233. The Balaban J connectivity index is 1.47. The molecule has 0 atom stereocenters. The van der Waals surface area contributed by atoms with Crippen molar-refractivity contribution in [3.8, 4) is 33.9 Å². The largest absolute Gasteiger partial charge is 0.309 e. The first kappa shape index (κ1) is 29.8. The van der Waals surface area contributed by atoms with Crippen LogP contribution in [-0.4, -0.2) is 9.13 Å². The highest BCUT2D eigenvalue weighted by atomic mass is 15.2. The van der Waals surface area contributed by atoms with Crippen molar-refractivity contribution in [3.63, 3.8) is 0 Å². The van der Waals surface area contributed by atoms with Gasteiger partial charge in [-0.2, -0.15) is 4.57 Å². The molecule has 230 valence electrons. The molecule has 0 saturated heterocycles. The zero-order valence-corrected chi connectivity index (χ0v) is 28.1. The van der Waals surface area contributed by atoms with E-state index in [2.05, 4.69) is 184 Å². The van der Waals surface area contributed by atoms with E-state index in [4.69, 9.17) is 0 Å². The summed E-state index contributed by atoms with van der Waals surface area (Å²) in [6, 6.07) is 40.5. The molecule has 5 aromatic carbocycles. The van der Waals surface area contributed by atoms with Crippen molar-refractivity contribution in [1.29, 1.82) is 0 Å². The second-order valence-electron chi connectivity index (χ2n) is 13.5. The standard InChI is InChI=1S/C43H44N3/c1-28(2)37-26-33(32-21-22-41-39(25-32)36-19-13-14-20-40(36)46(41)34-16-9-8-10-17-34)27-38(29(3)4)42(37)45-24-23-44(30(5)6)43(45)35-18-12-11-15-31(35)7/h8-30H,1-7H3/q+1. The maximum atomic E-state index is 2.47. The molecule has 0 aliphatic heterocycles. The third-order valence-corrected chi connectivity index (χ3v) is 9.47. The first-order valence-corrected chi connectivity index (χ1v) is 16.7. The Morgan fingerprint density at radius 1 is 0.587 bits per heavy atom. The van der Waals surface area contributed by atoms with E-state index < -0.39 is 0 Å². The second kappa shape index (κ2) is 11.8. The molecule has 0 spiro atoms. The summed E-state index contributed by atoms with van der Waals surface area (Å²) in [6.45, 7) is 16.1. The van der Waals surface area contributed by atoms with Crippen LogP contribution in [0.4, 0.5) is 0 Å². The Morgan fingerprint density at radius 2 is 1.22 bits per heavy atom. The fourth-order valence-corrected chi connectivity index (χ4v) is 7.11. The van der Waals surface area contributed by atoms with E-state index in [1.165, 1.54) is 72.4 Å². The summed E-state index contributed by atoms with van der Waals surface area (Å²) < 4.78 is 7.27. The predicted molar refractivity (Wildman–Crippen MR) is 194 cm³/mol. The molecule has 0 saturated carbocycles. The van der Waals surface area contributed by atoms with Crippen LogP contribution in [-0.2, 0) is 0 Å². The lowest BCUT2D eigenvalue weighted by atomic mass is 9.88. The predicted octanol–water partition coefficient (Wildman–Crippen LogP) is 11.3. The zero-order valence-electron chi connectivity index (χ0n) is 28.1. The molecule has 0 radical (unpaired) electrons. The molecule has 0 aliphatic rings. The number of imidazole rings is 1. The van der Waals surface area contributed by atoms with Crippen LogP contribution in [0, 0.1) is 6.92 Å². The van der Waals surface area contributed by atoms with Crippen LogP contribution in [0.25, 0.3) is 55.7 Å². The molecule has 0 aliphatic carbocycles. The van der Waals surface area contributed by atoms with Gasteiger partial charge in [0.05, 0.1) is 22.6 Å². The van der Waals surface area contributed by atoms with Gasteiger partial charge in [0.15, 0.2) is 0 Å². The van der Waals surface area contributed by atoms with Gasteiger partial charge in [0.25, 0.3) is 5.82 Å². The number of para-hydroxylation sites is 2. The van der Waals surface area contributed by atoms with Crippen LogP contribution in [0.15, 0.2) is 122 Å². The minimum Gasteiger partial charge on any atom is -0.309 e. The fourth-order valence-electron chi connectivity index (χ4n) is 7.11. The molecule has 0 fully saturated rings. The van der Waals surface area contributed by atoms with Crippen LogP contribution >= 0.6 is 0 Å². The van der Waals surface area contributed by atoms with E-state index in [1.54, 1.807) is 0 Å². The smallest absolute Gasteiger partial charge is 0.294 e. The zero-order chi connectivity index (χ0) is 32.1. The van der Waals surface area contributed by atoms with Crippen molar-refractivity contribution in [1.82, 2.24) is 9.13 Å². The molecule has 2 aromatic heterocycles. The average molecular weight is 603 g/mol. The number of aromatic nitrogens is 3. The molecular weight excluding hydrogens is 558 g/mol. The monoisotopic (exact) mass is 602 g/mol. The van der Waals surface area contributed by atoms with Crippen LogP contribution < -0.4 is 4.57 Å². The van der Waals surface area contributed by atoms with Gasteiger partial charge >= 0.3 is 0 Å². The second-order valence-corrected chi connectivity index (χ2v) is 13.5. The Bertz CT molecular complexity index is 2160. The lowest BCUT2D eigenvalue weighted by Gasteiger charge is -2.21. The first-order chi connectivity index (χ1) is 22.2. The Labute approximate surface area is 273 Å². The van der Waals surface area contributed by atoms with Crippen molar-refractivity contribution < 1.29 is 4.57 Å². The summed E-state index contributed by atoms with van der Waals surface area (Å²) in [5, 5.41) is 2.56. The lowest BCUT2D eigenvalue weighted by molar-refractivity contribution is -0.704. The highest BCUT2D eigenvalue weighted by Gasteiger charge is 2.29. The van der Waals surface area contributed by atoms with Gasteiger partial charge < -0.3 is 4.57 Å². The maximum Gasteiger partial charge on any atom is 0.294 e. The molecule has 0 unspecified atom stereocenters. The van der Waals surface area contributed by atoms with Crippen LogP contribution in [0.2, 0.25) is 0 Å². The molecule has 0 bridgehead atoms. The van der Waals surface area contributed by atoms with E-state index in [-0.39, 0.29) is 0 Å². The average Bonchev–Trinajstić information content (AvgIpc) is 3.64. The minimum atomic E-state index is 0.338. The summed E-state index contributed by atoms with van der Waals surface area (Å²) in [4.78, 5) is 0. The summed E-state index contributed by atoms with van der Waals surface area (Å²) in [5.41, 5.74) is 12.8. The summed E-state index contributed by atoms with van der Waals surface area (Å²) in [7, 11) is 0.